The van der Waals surface area contributed by atoms with Gasteiger partial charge in [0.15, 0.2) is 0 Å². The second-order valence-corrected chi connectivity index (χ2v) is 7.76. The molecule has 2 atom stereocenters. The van der Waals surface area contributed by atoms with Gasteiger partial charge in [-0.2, -0.15) is 0 Å². The number of carbonyl (C=O) groups is 1. The molecule has 1 amide bonds. The minimum Gasteiger partial charge on any atom is -0.496 e. The number of halogens is 1. The van der Waals surface area contributed by atoms with E-state index < -0.39 is 0 Å². The molecular weight excluding hydrogens is 371 g/mol. The van der Waals surface area contributed by atoms with Crippen LogP contribution in [0.5, 0.6) is 11.5 Å². The number of carbonyl (C=O) groups excluding carboxylic acids is 1. The van der Waals surface area contributed by atoms with E-state index in [1.165, 1.54) is 6.07 Å². The van der Waals surface area contributed by atoms with E-state index in [2.05, 4.69) is 10.6 Å². The molecule has 1 aliphatic carbocycles. The Morgan fingerprint density at radius 2 is 2.10 bits per heavy atom. The summed E-state index contributed by atoms with van der Waals surface area (Å²) in [7, 11) is 1.63. The van der Waals surface area contributed by atoms with E-state index in [0.29, 0.717) is 24.9 Å². The van der Waals surface area contributed by atoms with Crippen LogP contribution < -0.4 is 20.1 Å². The average molecular weight is 398 g/mol. The maximum Gasteiger partial charge on any atom is 0.224 e. The SMILES string of the molecule is COc1ccc(F)cc1[C@@H]1C[C@H]1CNCCCOc1ccc2c(c1)NC(=O)CC2. The summed E-state index contributed by atoms with van der Waals surface area (Å²) in [6.07, 6.45) is 3.29. The zero-order chi connectivity index (χ0) is 20.2. The highest BCUT2D eigenvalue weighted by atomic mass is 19.1. The minimum atomic E-state index is -0.210. The molecule has 4 rings (SSSR count). The summed E-state index contributed by atoms with van der Waals surface area (Å²) in [5.41, 5.74) is 3.00. The maximum absolute atomic E-state index is 13.5. The molecule has 1 fully saturated rings. The van der Waals surface area contributed by atoms with Gasteiger partial charge >= 0.3 is 0 Å². The number of rotatable bonds is 9. The van der Waals surface area contributed by atoms with Crippen molar-refractivity contribution in [3.05, 3.63) is 53.3 Å². The number of anilines is 1. The lowest BCUT2D eigenvalue weighted by atomic mass is 10.0. The molecule has 29 heavy (non-hydrogen) atoms. The van der Waals surface area contributed by atoms with Crippen molar-refractivity contribution >= 4 is 11.6 Å². The molecular formula is C23H27FN2O3. The lowest BCUT2D eigenvalue weighted by Crippen LogP contribution is -2.20. The van der Waals surface area contributed by atoms with Gasteiger partial charge in [-0.05, 0) is 74.0 Å². The van der Waals surface area contributed by atoms with Crippen molar-refractivity contribution in [3.63, 3.8) is 0 Å². The molecule has 1 aliphatic heterocycles. The van der Waals surface area contributed by atoms with Crippen LogP contribution in [0, 0.1) is 11.7 Å². The molecule has 0 radical (unpaired) electrons. The first-order valence-electron chi connectivity index (χ1n) is 10.2. The van der Waals surface area contributed by atoms with E-state index >= 15 is 0 Å². The van der Waals surface area contributed by atoms with E-state index in [0.717, 1.165) is 60.7 Å². The van der Waals surface area contributed by atoms with Crippen molar-refractivity contribution < 1.29 is 18.7 Å². The fourth-order valence-corrected chi connectivity index (χ4v) is 3.96. The Morgan fingerprint density at radius 1 is 1.21 bits per heavy atom. The van der Waals surface area contributed by atoms with Crippen LogP contribution in [0.1, 0.15) is 36.3 Å². The lowest BCUT2D eigenvalue weighted by Gasteiger charge is -2.17. The summed E-state index contributed by atoms with van der Waals surface area (Å²) in [5.74, 6) is 2.30. The van der Waals surface area contributed by atoms with Crippen molar-refractivity contribution in [2.45, 2.75) is 31.6 Å². The molecule has 2 N–H and O–H groups in total. The Kier molecular flexibility index (Phi) is 6.00. The molecule has 0 unspecified atom stereocenters. The number of hydrogen-bond donors (Lipinski definition) is 2. The first-order chi connectivity index (χ1) is 14.1. The van der Waals surface area contributed by atoms with Gasteiger partial charge in [-0.15, -0.1) is 0 Å². The van der Waals surface area contributed by atoms with Crippen LogP contribution in [0.2, 0.25) is 0 Å². The van der Waals surface area contributed by atoms with Crippen LogP contribution in [0.25, 0.3) is 0 Å². The van der Waals surface area contributed by atoms with Crippen molar-refractivity contribution in [1.29, 1.82) is 0 Å². The van der Waals surface area contributed by atoms with Gasteiger partial charge in [0.2, 0.25) is 5.91 Å². The van der Waals surface area contributed by atoms with E-state index in [1.54, 1.807) is 19.2 Å². The quantitative estimate of drug-likeness (QED) is 0.630. The predicted octanol–water partition coefficient (Wildman–Crippen LogP) is 3.88. The number of benzene rings is 2. The molecule has 0 spiro atoms. The van der Waals surface area contributed by atoms with Gasteiger partial charge in [0.05, 0.1) is 13.7 Å². The lowest BCUT2D eigenvalue weighted by molar-refractivity contribution is -0.116. The third-order valence-electron chi connectivity index (χ3n) is 5.66. The fourth-order valence-electron chi connectivity index (χ4n) is 3.96. The van der Waals surface area contributed by atoms with Gasteiger partial charge in [-0.25, -0.2) is 4.39 Å². The highest BCUT2D eigenvalue weighted by molar-refractivity contribution is 5.94. The molecule has 154 valence electrons. The van der Waals surface area contributed by atoms with Crippen LogP contribution in [0.15, 0.2) is 36.4 Å². The molecule has 6 heteroatoms. The number of amides is 1. The van der Waals surface area contributed by atoms with E-state index in [1.807, 2.05) is 18.2 Å². The molecule has 5 nitrogen and oxygen atoms in total. The number of methoxy groups -OCH3 is 1. The van der Waals surface area contributed by atoms with Crippen molar-refractivity contribution in [1.82, 2.24) is 5.32 Å². The number of ether oxygens (including phenoxy) is 2. The Hall–Kier alpha value is -2.60. The van der Waals surface area contributed by atoms with Crippen LogP contribution in [0.4, 0.5) is 10.1 Å². The molecule has 0 bridgehead atoms. The van der Waals surface area contributed by atoms with Gasteiger partial charge in [0.25, 0.3) is 0 Å². The molecule has 0 saturated heterocycles. The largest absolute Gasteiger partial charge is 0.496 e. The summed E-state index contributed by atoms with van der Waals surface area (Å²) >= 11 is 0. The van der Waals surface area contributed by atoms with Crippen LogP contribution in [0.3, 0.4) is 0 Å². The summed E-state index contributed by atoms with van der Waals surface area (Å²) in [6.45, 7) is 2.39. The Balaban J connectivity index is 1.15. The minimum absolute atomic E-state index is 0.0630. The van der Waals surface area contributed by atoms with Crippen molar-refractivity contribution in [2.24, 2.45) is 5.92 Å². The number of nitrogens with one attached hydrogen (secondary N) is 2. The number of aryl methyl sites for hydroxylation is 1. The molecule has 1 heterocycles. The monoisotopic (exact) mass is 398 g/mol. The normalized spacial score (nSPS) is 20.0. The number of fused-ring (bicyclic) bond motifs is 1. The second-order valence-electron chi connectivity index (χ2n) is 7.76. The molecule has 2 aromatic rings. The molecule has 1 saturated carbocycles. The predicted molar refractivity (Wildman–Crippen MR) is 110 cm³/mol. The smallest absolute Gasteiger partial charge is 0.224 e. The number of hydrogen-bond acceptors (Lipinski definition) is 4. The summed E-state index contributed by atoms with van der Waals surface area (Å²) < 4.78 is 24.7. The Bertz CT molecular complexity index is 886. The van der Waals surface area contributed by atoms with E-state index in [4.69, 9.17) is 9.47 Å². The topological polar surface area (TPSA) is 59.6 Å². The summed E-state index contributed by atoms with van der Waals surface area (Å²) in [4.78, 5) is 11.5. The summed E-state index contributed by atoms with van der Waals surface area (Å²) in [5, 5.41) is 6.37. The first kappa shape index (κ1) is 19.7. The third-order valence-corrected chi connectivity index (χ3v) is 5.66. The van der Waals surface area contributed by atoms with Crippen LogP contribution in [-0.4, -0.2) is 32.7 Å². The molecule has 2 aliphatic rings. The summed E-state index contributed by atoms with van der Waals surface area (Å²) in [6, 6.07) is 10.6. The third kappa shape index (κ3) is 4.88. The Labute approximate surface area is 170 Å². The van der Waals surface area contributed by atoms with Gasteiger partial charge in [-0.1, -0.05) is 6.07 Å². The van der Waals surface area contributed by atoms with Gasteiger partial charge in [0.1, 0.15) is 17.3 Å². The zero-order valence-electron chi connectivity index (χ0n) is 16.7. The van der Waals surface area contributed by atoms with Crippen LogP contribution >= 0.6 is 0 Å². The molecule has 2 aromatic carbocycles. The van der Waals surface area contributed by atoms with Gasteiger partial charge in [0, 0.05) is 23.7 Å². The van der Waals surface area contributed by atoms with Crippen LogP contribution in [-0.2, 0) is 11.2 Å². The van der Waals surface area contributed by atoms with E-state index in [9.17, 15) is 9.18 Å². The van der Waals surface area contributed by atoms with Crippen molar-refractivity contribution in [2.75, 3.05) is 32.1 Å². The van der Waals surface area contributed by atoms with E-state index in [-0.39, 0.29) is 11.7 Å². The average Bonchev–Trinajstić information content (AvgIpc) is 3.49. The van der Waals surface area contributed by atoms with Gasteiger partial charge in [-0.3, -0.25) is 4.79 Å². The Morgan fingerprint density at radius 3 is 2.97 bits per heavy atom. The highest BCUT2D eigenvalue weighted by Gasteiger charge is 2.39. The standard InChI is InChI=1S/C23H27FN2O3/c1-28-22-7-5-17(24)12-20(22)19-11-16(19)14-25-9-2-10-29-18-6-3-15-4-8-23(27)26-21(15)13-18/h3,5-7,12-13,16,19,25H,2,4,8-11,14H2,1H3,(H,26,27)/t16-,19+/m0/s1. The van der Waals surface area contributed by atoms with Gasteiger partial charge < -0.3 is 20.1 Å². The maximum atomic E-state index is 13.5. The molecule has 0 aromatic heterocycles. The zero-order valence-corrected chi connectivity index (χ0v) is 16.7. The van der Waals surface area contributed by atoms with Crippen molar-refractivity contribution in [3.8, 4) is 11.5 Å². The first-order valence-corrected chi connectivity index (χ1v) is 10.2. The fraction of sp³-hybridized carbons (Fsp3) is 0.435. The highest BCUT2D eigenvalue weighted by Crippen LogP contribution is 2.50. The second kappa shape index (κ2) is 8.82.